The number of imidazole rings is 1. The zero-order chi connectivity index (χ0) is 18.5. The molecule has 0 bridgehead atoms. The van der Waals surface area contributed by atoms with Crippen LogP contribution in [0.25, 0.3) is 11.0 Å². The zero-order valence-electron chi connectivity index (χ0n) is 14.8. The summed E-state index contributed by atoms with van der Waals surface area (Å²) in [5, 5.41) is 7.64. The van der Waals surface area contributed by atoms with Crippen LogP contribution < -0.4 is 10.6 Å². The molecule has 0 aliphatic rings. The Bertz CT molecular complexity index is 879. The maximum absolute atomic E-state index is 6.10. The Morgan fingerprint density at radius 2 is 2.08 bits per heavy atom. The number of rotatable bonds is 6. The van der Waals surface area contributed by atoms with Gasteiger partial charge in [-0.1, -0.05) is 35.3 Å². The Morgan fingerprint density at radius 1 is 1.27 bits per heavy atom. The van der Waals surface area contributed by atoms with Crippen molar-refractivity contribution >= 4 is 40.2 Å². The lowest BCUT2D eigenvalue weighted by molar-refractivity contribution is 0.768. The second-order valence-corrected chi connectivity index (χ2v) is 6.67. The number of fused-ring (bicyclic) bond motifs is 1. The van der Waals surface area contributed by atoms with Crippen molar-refractivity contribution in [3.05, 3.63) is 52.0 Å². The molecule has 0 unspecified atom stereocenters. The van der Waals surface area contributed by atoms with Crippen molar-refractivity contribution in [2.24, 2.45) is 12.0 Å². The molecule has 0 fully saturated rings. The second kappa shape index (κ2) is 8.47. The van der Waals surface area contributed by atoms with E-state index in [9.17, 15) is 0 Å². The number of halogens is 2. The number of H-pyrrole nitrogens is 1. The van der Waals surface area contributed by atoms with Gasteiger partial charge in [0.05, 0.1) is 22.6 Å². The van der Waals surface area contributed by atoms with Crippen LogP contribution in [0.4, 0.5) is 0 Å². The van der Waals surface area contributed by atoms with Crippen LogP contribution in [0.5, 0.6) is 0 Å². The standard InChI is InChI=1S/C18H22Cl2N6/c1-3-21-18(23-11-12-10-13(19)17(20)26(12)2)22-9-8-16-24-14-6-4-5-7-15(14)25-16/h4-7,10H,3,8-9,11H2,1-2H3,(H,24,25)(H2,21,22,23). The summed E-state index contributed by atoms with van der Waals surface area (Å²) in [6.07, 6.45) is 0.779. The van der Waals surface area contributed by atoms with Crippen molar-refractivity contribution in [1.82, 2.24) is 25.2 Å². The number of nitrogens with one attached hydrogen (secondary N) is 3. The van der Waals surface area contributed by atoms with Crippen molar-refractivity contribution in [3.8, 4) is 0 Å². The van der Waals surface area contributed by atoms with Crippen molar-refractivity contribution in [1.29, 1.82) is 0 Å². The van der Waals surface area contributed by atoms with Crippen molar-refractivity contribution < 1.29 is 0 Å². The number of hydrogen-bond donors (Lipinski definition) is 3. The van der Waals surface area contributed by atoms with Gasteiger partial charge in [0.1, 0.15) is 11.0 Å². The maximum atomic E-state index is 6.10. The molecule has 0 atom stereocenters. The molecule has 0 saturated carbocycles. The molecular formula is C18H22Cl2N6. The third-order valence-electron chi connectivity index (χ3n) is 4.05. The highest BCUT2D eigenvalue weighted by Crippen LogP contribution is 2.25. The van der Waals surface area contributed by atoms with Gasteiger partial charge in [-0.05, 0) is 25.1 Å². The van der Waals surface area contributed by atoms with Gasteiger partial charge >= 0.3 is 0 Å². The minimum Gasteiger partial charge on any atom is -0.357 e. The molecular weight excluding hydrogens is 371 g/mol. The number of aliphatic imine (C=N–C) groups is 1. The lowest BCUT2D eigenvalue weighted by atomic mass is 10.3. The molecule has 1 aromatic carbocycles. The van der Waals surface area contributed by atoms with Gasteiger partial charge in [0.2, 0.25) is 0 Å². The fraction of sp³-hybridized carbons (Fsp3) is 0.333. The molecule has 0 aliphatic carbocycles. The van der Waals surface area contributed by atoms with Gasteiger partial charge in [-0.3, -0.25) is 0 Å². The van der Waals surface area contributed by atoms with Crippen LogP contribution in [0.1, 0.15) is 18.4 Å². The predicted octanol–water partition coefficient (Wildman–Crippen LogP) is 3.51. The van der Waals surface area contributed by atoms with Crippen LogP contribution in [0.15, 0.2) is 35.3 Å². The third-order valence-corrected chi connectivity index (χ3v) is 4.89. The summed E-state index contributed by atoms with van der Waals surface area (Å²) in [5.74, 6) is 1.70. The summed E-state index contributed by atoms with van der Waals surface area (Å²) in [5.41, 5.74) is 3.00. The minimum atomic E-state index is 0.489. The van der Waals surface area contributed by atoms with Gasteiger partial charge in [-0.25, -0.2) is 9.98 Å². The van der Waals surface area contributed by atoms with E-state index in [1.165, 1.54) is 0 Å². The molecule has 8 heteroatoms. The Kier molecular flexibility index (Phi) is 6.06. The highest BCUT2D eigenvalue weighted by molar-refractivity contribution is 6.41. The van der Waals surface area contributed by atoms with Gasteiger partial charge < -0.3 is 20.2 Å². The molecule has 0 radical (unpaired) electrons. The van der Waals surface area contributed by atoms with E-state index in [-0.39, 0.29) is 0 Å². The molecule has 2 aromatic heterocycles. The minimum absolute atomic E-state index is 0.489. The van der Waals surface area contributed by atoms with Gasteiger partial charge in [0.25, 0.3) is 0 Å². The summed E-state index contributed by atoms with van der Waals surface area (Å²) >= 11 is 12.2. The maximum Gasteiger partial charge on any atom is 0.191 e. The zero-order valence-corrected chi connectivity index (χ0v) is 16.3. The summed E-state index contributed by atoms with van der Waals surface area (Å²) < 4.78 is 1.84. The van der Waals surface area contributed by atoms with E-state index < -0.39 is 0 Å². The van der Waals surface area contributed by atoms with Crippen molar-refractivity contribution in [2.75, 3.05) is 13.1 Å². The van der Waals surface area contributed by atoms with Gasteiger partial charge in [-0.15, -0.1) is 0 Å². The molecule has 0 aliphatic heterocycles. The number of aromatic nitrogens is 3. The normalized spacial score (nSPS) is 11.9. The van der Waals surface area contributed by atoms with Crippen LogP contribution in [0.2, 0.25) is 10.2 Å². The fourth-order valence-electron chi connectivity index (χ4n) is 2.67. The van der Waals surface area contributed by atoms with E-state index in [1.807, 2.05) is 48.9 Å². The smallest absolute Gasteiger partial charge is 0.191 e. The van der Waals surface area contributed by atoms with Crippen molar-refractivity contribution in [3.63, 3.8) is 0 Å². The molecule has 0 saturated heterocycles. The Balaban J connectivity index is 1.59. The van der Waals surface area contributed by atoms with Crippen LogP contribution >= 0.6 is 23.2 Å². The first kappa shape index (κ1) is 18.6. The second-order valence-electron chi connectivity index (χ2n) is 5.91. The number of para-hydroxylation sites is 2. The molecule has 3 N–H and O–H groups in total. The number of hydrogen-bond acceptors (Lipinski definition) is 2. The summed E-state index contributed by atoms with van der Waals surface area (Å²) in [6, 6.07) is 9.86. The highest BCUT2D eigenvalue weighted by atomic mass is 35.5. The van der Waals surface area contributed by atoms with E-state index in [0.717, 1.165) is 48.0 Å². The van der Waals surface area contributed by atoms with Crippen LogP contribution in [0.3, 0.4) is 0 Å². The van der Waals surface area contributed by atoms with Crippen molar-refractivity contribution in [2.45, 2.75) is 19.9 Å². The van der Waals surface area contributed by atoms with Crippen LogP contribution in [-0.4, -0.2) is 33.6 Å². The number of benzene rings is 1. The SMILES string of the molecule is CCNC(=NCc1cc(Cl)c(Cl)n1C)NCCc1nc2ccccc2[nH]1. The molecule has 138 valence electrons. The number of guanidine groups is 1. The Labute approximate surface area is 162 Å². The predicted molar refractivity (Wildman–Crippen MR) is 108 cm³/mol. The summed E-state index contributed by atoms with van der Waals surface area (Å²) in [7, 11) is 1.88. The topological polar surface area (TPSA) is 70.0 Å². The molecule has 3 rings (SSSR count). The molecule has 6 nitrogen and oxygen atoms in total. The highest BCUT2D eigenvalue weighted by Gasteiger charge is 2.09. The van der Waals surface area contributed by atoms with Crippen LogP contribution in [-0.2, 0) is 20.0 Å². The lowest BCUT2D eigenvalue weighted by Crippen LogP contribution is -2.38. The largest absolute Gasteiger partial charge is 0.357 e. The molecule has 0 spiro atoms. The molecule has 0 amide bonds. The first-order valence-electron chi connectivity index (χ1n) is 8.54. The average Bonchev–Trinajstić information content (AvgIpc) is 3.15. The van der Waals surface area contributed by atoms with Gasteiger partial charge in [0.15, 0.2) is 5.96 Å². The molecule has 2 heterocycles. The van der Waals surface area contributed by atoms with Gasteiger partial charge in [0, 0.05) is 32.3 Å². The lowest BCUT2D eigenvalue weighted by Gasteiger charge is -2.11. The summed E-state index contributed by atoms with van der Waals surface area (Å²) in [4.78, 5) is 12.5. The van der Waals surface area contributed by atoms with E-state index in [0.29, 0.717) is 16.7 Å². The van der Waals surface area contributed by atoms with E-state index in [1.54, 1.807) is 0 Å². The van der Waals surface area contributed by atoms with Crippen LogP contribution in [0, 0.1) is 0 Å². The molecule has 3 aromatic rings. The number of aromatic amines is 1. The summed E-state index contributed by atoms with van der Waals surface area (Å²) in [6.45, 7) is 4.03. The van der Waals surface area contributed by atoms with E-state index in [2.05, 4.69) is 25.6 Å². The van der Waals surface area contributed by atoms with E-state index in [4.69, 9.17) is 23.2 Å². The fourth-order valence-corrected chi connectivity index (χ4v) is 3.08. The van der Waals surface area contributed by atoms with E-state index >= 15 is 0 Å². The Morgan fingerprint density at radius 3 is 2.77 bits per heavy atom. The monoisotopic (exact) mass is 392 g/mol. The molecule has 26 heavy (non-hydrogen) atoms. The first-order chi connectivity index (χ1) is 12.6. The van der Waals surface area contributed by atoms with Gasteiger partial charge in [-0.2, -0.15) is 0 Å². The Hall–Kier alpha value is -2.18. The first-order valence-corrected chi connectivity index (χ1v) is 9.29. The quantitative estimate of drug-likeness (QED) is 0.444. The number of nitrogens with zero attached hydrogens (tertiary/aromatic N) is 3. The third kappa shape index (κ3) is 4.31. The average molecular weight is 393 g/mol.